The summed E-state index contributed by atoms with van der Waals surface area (Å²) in [4.78, 5) is 4.25. The lowest BCUT2D eigenvalue weighted by atomic mass is 10.1. The summed E-state index contributed by atoms with van der Waals surface area (Å²) in [5, 5.41) is 4.09. The Bertz CT molecular complexity index is 415. The van der Waals surface area contributed by atoms with Gasteiger partial charge in [-0.15, -0.1) is 0 Å². The third kappa shape index (κ3) is 4.69. The van der Waals surface area contributed by atoms with E-state index in [1.807, 2.05) is 6.92 Å². The summed E-state index contributed by atoms with van der Waals surface area (Å²) < 4.78 is 5.45. The van der Waals surface area contributed by atoms with E-state index in [-0.39, 0.29) is 6.04 Å². The van der Waals surface area contributed by atoms with E-state index in [4.69, 9.17) is 33.8 Å². The molecule has 1 aromatic rings. The van der Waals surface area contributed by atoms with Gasteiger partial charge in [0.1, 0.15) is 5.82 Å². The lowest BCUT2D eigenvalue weighted by Gasteiger charge is -2.23. The van der Waals surface area contributed by atoms with Crippen molar-refractivity contribution in [2.75, 3.05) is 24.0 Å². The normalized spacial score (nSPS) is 12.6. The Labute approximate surface area is 123 Å². The van der Waals surface area contributed by atoms with Crippen LogP contribution >= 0.6 is 23.2 Å². The van der Waals surface area contributed by atoms with Crippen molar-refractivity contribution in [3.05, 3.63) is 16.1 Å². The monoisotopic (exact) mass is 306 g/mol. The molecule has 108 valence electrons. The summed E-state index contributed by atoms with van der Waals surface area (Å²) in [6.45, 7) is 7.41. The molecular weight excluding hydrogens is 287 g/mol. The summed E-state index contributed by atoms with van der Waals surface area (Å²) in [5.74, 6) is 6.64. The van der Waals surface area contributed by atoms with Crippen LogP contribution in [0.1, 0.15) is 20.8 Å². The van der Waals surface area contributed by atoms with Gasteiger partial charge in [-0.05, 0) is 18.9 Å². The fourth-order valence-corrected chi connectivity index (χ4v) is 1.96. The number of nitrogen functional groups attached to an aromatic ring is 1. The van der Waals surface area contributed by atoms with Gasteiger partial charge in [0.25, 0.3) is 0 Å². The highest BCUT2D eigenvalue weighted by Gasteiger charge is 2.17. The highest BCUT2D eigenvalue weighted by Crippen LogP contribution is 2.29. The molecule has 1 atom stereocenters. The number of pyridine rings is 1. The van der Waals surface area contributed by atoms with Crippen molar-refractivity contribution in [3.8, 4) is 0 Å². The summed E-state index contributed by atoms with van der Waals surface area (Å²) in [7, 11) is 0. The zero-order valence-corrected chi connectivity index (χ0v) is 12.8. The minimum absolute atomic E-state index is 0.108. The first kappa shape index (κ1) is 16.3. The highest BCUT2D eigenvalue weighted by atomic mass is 35.5. The zero-order valence-electron chi connectivity index (χ0n) is 11.3. The number of hydrogen-bond donors (Lipinski definition) is 3. The molecule has 19 heavy (non-hydrogen) atoms. The van der Waals surface area contributed by atoms with E-state index in [0.29, 0.717) is 40.8 Å². The molecule has 0 saturated carbocycles. The van der Waals surface area contributed by atoms with E-state index in [1.165, 1.54) is 0 Å². The molecule has 0 saturated heterocycles. The van der Waals surface area contributed by atoms with Crippen molar-refractivity contribution in [1.82, 2.24) is 4.98 Å². The van der Waals surface area contributed by atoms with Gasteiger partial charge in [-0.25, -0.2) is 10.8 Å². The van der Waals surface area contributed by atoms with Crippen LogP contribution in [0, 0.1) is 5.92 Å². The van der Waals surface area contributed by atoms with E-state index >= 15 is 0 Å². The number of hydrazine groups is 1. The van der Waals surface area contributed by atoms with Crippen LogP contribution < -0.4 is 16.6 Å². The van der Waals surface area contributed by atoms with E-state index in [1.54, 1.807) is 6.07 Å². The molecule has 0 amide bonds. The average Bonchev–Trinajstić information content (AvgIpc) is 2.36. The van der Waals surface area contributed by atoms with Crippen molar-refractivity contribution in [2.45, 2.75) is 26.8 Å². The van der Waals surface area contributed by atoms with Crippen LogP contribution in [-0.2, 0) is 4.74 Å². The molecule has 1 rings (SSSR count). The van der Waals surface area contributed by atoms with Crippen molar-refractivity contribution in [1.29, 1.82) is 0 Å². The Hall–Kier alpha value is -0.750. The quantitative estimate of drug-likeness (QED) is 0.533. The molecule has 0 radical (unpaired) electrons. The summed E-state index contributed by atoms with van der Waals surface area (Å²) in [5.41, 5.74) is 2.44. The zero-order chi connectivity index (χ0) is 14.4. The second-order valence-electron chi connectivity index (χ2n) is 4.45. The standard InChI is InChI=1S/C12H20Cl2N4O/c1-4-19-6-10(7(2)3)16-11-8(13)5-9(14)12(17-11)18-15/h5,7,10H,4,6,15H2,1-3H3,(H2,16,17,18). The SMILES string of the molecule is CCOCC(Nc1nc(NN)c(Cl)cc1Cl)C(C)C. The molecular formula is C12H20Cl2N4O. The molecule has 0 spiro atoms. The van der Waals surface area contributed by atoms with Crippen LogP contribution in [-0.4, -0.2) is 24.2 Å². The molecule has 0 fully saturated rings. The number of ether oxygens (including phenoxy) is 1. The Morgan fingerprint density at radius 1 is 1.32 bits per heavy atom. The van der Waals surface area contributed by atoms with Gasteiger partial charge in [0.15, 0.2) is 5.82 Å². The average molecular weight is 307 g/mol. The van der Waals surface area contributed by atoms with Crippen molar-refractivity contribution >= 4 is 34.8 Å². The first-order chi connectivity index (χ1) is 8.99. The molecule has 0 aliphatic carbocycles. The van der Waals surface area contributed by atoms with Gasteiger partial charge in [-0.3, -0.25) is 0 Å². The van der Waals surface area contributed by atoms with Gasteiger partial charge in [-0.1, -0.05) is 37.0 Å². The van der Waals surface area contributed by atoms with Crippen LogP contribution in [0.2, 0.25) is 10.0 Å². The predicted molar refractivity (Wildman–Crippen MR) is 80.8 cm³/mol. The van der Waals surface area contributed by atoms with Gasteiger partial charge in [0, 0.05) is 6.61 Å². The fraction of sp³-hybridized carbons (Fsp3) is 0.583. The van der Waals surface area contributed by atoms with Crippen LogP contribution in [0.15, 0.2) is 6.07 Å². The third-order valence-corrected chi connectivity index (χ3v) is 3.27. The van der Waals surface area contributed by atoms with Gasteiger partial charge >= 0.3 is 0 Å². The lowest BCUT2D eigenvalue weighted by Crippen LogP contribution is -2.31. The minimum Gasteiger partial charge on any atom is -0.380 e. The number of anilines is 2. The van der Waals surface area contributed by atoms with E-state index in [0.717, 1.165) is 0 Å². The molecule has 0 aliphatic rings. The number of halogens is 2. The van der Waals surface area contributed by atoms with Crippen molar-refractivity contribution in [2.24, 2.45) is 11.8 Å². The first-order valence-corrected chi connectivity index (χ1v) is 6.92. The van der Waals surface area contributed by atoms with Crippen LogP contribution in [0.5, 0.6) is 0 Å². The molecule has 0 aliphatic heterocycles. The van der Waals surface area contributed by atoms with Crippen LogP contribution in [0.4, 0.5) is 11.6 Å². The van der Waals surface area contributed by atoms with E-state index in [2.05, 4.69) is 29.6 Å². The number of aromatic nitrogens is 1. The van der Waals surface area contributed by atoms with E-state index in [9.17, 15) is 0 Å². The van der Waals surface area contributed by atoms with Gasteiger partial charge in [0.2, 0.25) is 0 Å². The molecule has 1 aromatic heterocycles. The molecule has 4 N–H and O–H groups in total. The number of rotatable bonds is 7. The maximum atomic E-state index is 6.12. The predicted octanol–water partition coefficient (Wildman–Crippen LogP) is 3.15. The number of hydrogen-bond acceptors (Lipinski definition) is 5. The highest BCUT2D eigenvalue weighted by molar-refractivity contribution is 6.37. The molecule has 0 aromatic carbocycles. The Kier molecular flexibility index (Phi) is 6.65. The molecule has 5 nitrogen and oxygen atoms in total. The Morgan fingerprint density at radius 3 is 2.47 bits per heavy atom. The van der Waals surface area contributed by atoms with Crippen LogP contribution in [0.25, 0.3) is 0 Å². The Morgan fingerprint density at radius 2 is 1.95 bits per heavy atom. The number of nitrogens with zero attached hydrogens (tertiary/aromatic N) is 1. The second kappa shape index (κ2) is 7.75. The molecule has 7 heteroatoms. The maximum Gasteiger partial charge on any atom is 0.161 e. The number of nitrogens with one attached hydrogen (secondary N) is 2. The smallest absolute Gasteiger partial charge is 0.161 e. The van der Waals surface area contributed by atoms with Crippen molar-refractivity contribution < 1.29 is 4.74 Å². The first-order valence-electron chi connectivity index (χ1n) is 6.16. The van der Waals surface area contributed by atoms with Gasteiger partial charge < -0.3 is 15.5 Å². The fourth-order valence-electron chi connectivity index (χ4n) is 1.49. The topological polar surface area (TPSA) is 72.2 Å². The van der Waals surface area contributed by atoms with Gasteiger partial charge in [0.05, 0.1) is 22.7 Å². The van der Waals surface area contributed by atoms with E-state index < -0.39 is 0 Å². The van der Waals surface area contributed by atoms with Gasteiger partial charge in [-0.2, -0.15) is 0 Å². The maximum absolute atomic E-state index is 6.12. The molecule has 0 bridgehead atoms. The summed E-state index contributed by atoms with van der Waals surface area (Å²) in [6, 6.07) is 1.71. The molecule has 1 heterocycles. The summed E-state index contributed by atoms with van der Waals surface area (Å²) in [6.07, 6.45) is 0. The minimum atomic E-state index is 0.108. The third-order valence-electron chi connectivity index (χ3n) is 2.69. The largest absolute Gasteiger partial charge is 0.380 e. The second-order valence-corrected chi connectivity index (χ2v) is 5.26. The lowest BCUT2D eigenvalue weighted by molar-refractivity contribution is 0.126. The Balaban J connectivity index is 2.89. The summed E-state index contributed by atoms with van der Waals surface area (Å²) >= 11 is 12.1. The number of nitrogens with two attached hydrogens (primary N) is 1. The molecule has 1 unspecified atom stereocenters. The van der Waals surface area contributed by atoms with Crippen LogP contribution in [0.3, 0.4) is 0 Å². The van der Waals surface area contributed by atoms with Crippen molar-refractivity contribution in [3.63, 3.8) is 0 Å².